The van der Waals surface area contributed by atoms with E-state index >= 15 is 0 Å². The van der Waals surface area contributed by atoms with Gasteiger partial charge in [-0.15, -0.1) is 24.8 Å². The largest absolute Gasteiger partial charge is 0.340 e. The van der Waals surface area contributed by atoms with Crippen LogP contribution in [-0.4, -0.2) is 57.3 Å². The number of pyridine rings is 1. The second-order valence-electron chi connectivity index (χ2n) is 7.41. The Bertz CT molecular complexity index is 712. The first-order valence-corrected chi connectivity index (χ1v) is 9.37. The third-order valence-electron chi connectivity index (χ3n) is 5.68. The highest BCUT2D eigenvalue weighted by atomic mass is 35.5. The second-order valence-corrected chi connectivity index (χ2v) is 7.41. The van der Waals surface area contributed by atoms with Gasteiger partial charge in [0.1, 0.15) is 5.65 Å². The number of nitrogens with zero attached hydrogens (tertiary/aromatic N) is 4. The van der Waals surface area contributed by atoms with Gasteiger partial charge in [0.25, 0.3) is 0 Å². The van der Waals surface area contributed by atoms with Crippen LogP contribution in [0, 0.1) is 5.92 Å². The number of piperazine rings is 1. The van der Waals surface area contributed by atoms with Crippen LogP contribution in [0.4, 0.5) is 0 Å². The molecular formula is C19H29Cl2N5O. The van der Waals surface area contributed by atoms with E-state index in [4.69, 9.17) is 5.73 Å². The number of fused-ring (bicyclic) bond motifs is 1. The summed E-state index contributed by atoms with van der Waals surface area (Å²) in [6.45, 7) is 4.30. The average molecular weight is 414 g/mol. The van der Waals surface area contributed by atoms with Crippen molar-refractivity contribution in [1.82, 2.24) is 19.2 Å². The minimum Gasteiger partial charge on any atom is -0.340 e. The first-order valence-electron chi connectivity index (χ1n) is 9.37. The number of hydrogen-bond donors (Lipinski definition) is 1. The smallest absolute Gasteiger partial charge is 0.222 e. The number of carbonyl (C=O) groups is 1. The summed E-state index contributed by atoms with van der Waals surface area (Å²) < 4.78 is 2.06. The minimum atomic E-state index is 0. The molecule has 4 rings (SSSR count). The number of halogens is 2. The zero-order valence-corrected chi connectivity index (χ0v) is 17.1. The lowest BCUT2D eigenvalue weighted by Gasteiger charge is -2.35. The first kappa shape index (κ1) is 22.0. The molecule has 2 aromatic rings. The number of imidazole rings is 1. The molecule has 1 saturated heterocycles. The molecule has 0 radical (unpaired) electrons. The Balaban J connectivity index is 0.00000131. The normalized spacial score (nSPS) is 23.1. The second kappa shape index (κ2) is 9.73. The third kappa shape index (κ3) is 5.13. The maximum Gasteiger partial charge on any atom is 0.222 e. The van der Waals surface area contributed by atoms with Crippen LogP contribution in [0.3, 0.4) is 0 Å². The lowest BCUT2D eigenvalue weighted by Crippen LogP contribution is -2.49. The van der Waals surface area contributed by atoms with Gasteiger partial charge in [-0.25, -0.2) is 4.98 Å². The monoisotopic (exact) mass is 413 g/mol. The van der Waals surface area contributed by atoms with E-state index in [1.807, 2.05) is 29.3 Å². The summed E-state index contributed by atoms with van der Waals surface area (Å²) in [5.41, 5.74) is 8.18. The van der Waals surface area contributed by atoms with E-state index in [-0.39, 0.29) is 36.8 Å². The number of amides is 1. The fourth-order valence-corrected chi connectivity index (χ4v) is 4.12. The standard InChI is InChI=1S/C19H27N5O.2ClH/c20-17-5-3-4-15(17)12-19(25)23-10-8-22(9-11-23)13-16-14-24-7-2-1-6-18(24)21-16;;/h1-2,6-7,14-15,17H,3-5,8-13,20H2;2*1H/t15-,17+;;/m0../s1. The summed E-state index contributed by atoms with van der Waals surface area (Å²) in [7, 11) is 0. The molecule has 2 atom stereocenters. The highest BCUT2D eigenvalue weighted by Crippen LogP contribution is 2.27. The molecule has 27 heavy (non-hydrogen) atoms. The van der Waals surface area contributed by atoms with Gasteiger partial charge in [-0.2, -0.15) is 0 Å². The van der Waals surface area contributed by atoms with E-state index in [1.54, 1.807) is 0 Å². The van der Waals surface area contributed by atoms with Crippen molar-refractivity contribution in [2.45, 2.75) is 38.3 Å². The summed E-state index contributed by atoms with van der Waals surface area (Å²) in [5.74, 6) is 0.679. The fourth-order valence-electron chi connectivity index (χ4n) is 4.12. The molecule has 0 bridgehead atoms. The minimum absolute atomic E-state index is 0. The molecule has 2 aliphatic rings. The number of rotatable bonds is 4. The molecular weight excluding hydrogens is 385 g/mol. The fraction of sp³-hybridized carbons (Fsp3) is 0.579. The Morgan fingerprint density at radius 1 is 1.15 bits per heavy atom. The van der Waals surface area contributed by atoms with Crippen molar-refractivity contribution in [1.29, 1.82) is 0 Å². The Morgan fingerprint density at radius 3 is 2.59 bits per heavy atom. The summed E-state index contributed by atoms with van der Waals surface area (Å²) in [5, 5.41) is 0. The molecule has 1 aliphatic carbocycles. The van der Waals surface area contributed by atoms with Crippen molar-refractivity contribution in [3.8, 4) is 0 Å². The predicted molar refractivity (Wildman–Crippen MR) is 111 cm³/mol. The molecule has 0 aromatic carbocycles. The van der Waals surface area contributed by atoms with Crippen LogP contribution >= 0.6 is 24.8 Å². The molecule has 1 amide bonds. The van der Waals surface area contributed by atoms with E-state index in [0.29, 0.717) is 12.3 Å². The topological polar surface area (TPSA) is 66.9 Å². The number of carbonyl (C=O) groups excluding carboxylic acids is 1. The van der Waals surface area contributed by atoms with Crippen LogP contribution in [0.15, 0.2) is 30.6 Å². The predicted octanol–water partition coefficient (Wildman–Crippen LogP) is 2.34. The maximum atomic E-state index is 12.5. The van der Waals surface area contributed by atoms with Gasteiger partial charge >= 0.3 is 0 Å². The number of nitrogens with two attached hydrogens (primary N) is 1. The van der Waals surface area contributed by atoms with E-state index in [9.17, 15) is 4.79 Å². The molecule has 6 nitrogen and oxygen atoms in total. The van der Waals surface area contributed by atoms with Gasteiger partial charge in [-0.3, -0.25) is 9.69 Å². The molecule has 0 unspecified atom stereocenters. The maximum absolute atomic E-state index is 12.5. The van der Waals surface area contributed by atoms with Gasteiger partial charge in [0.05, 0.1) is 5.69 Å². The van der Waals surface area contributed by atoms with Crippen LogP contribution < -0.4 is 5.73 Å². The van der Waals surface area contributed by atoms with Crippen molar-refractivity contribution >= 4 is 36.4 Å². The Morgan fingerprint density at radius 2 is 1.93 bits per heavy atom. The van der Waals surface area contributed by atoms with Crippen LogP contribution in [0.1, 0.15) is 31.4 Å². The molecule has 150 valence electrons. The first-order chi connectivity index (χ1) is 12.2. The SMILES string of the molecule is Cl.Cl.N[C@@H]1CCC[C@H]1CC(=O)N1CCN(Cc2cn3ccccc3n2)CC1. The zero-order valence-electron chi connectivity index (χ0n) is 15.5. The van der Waals surface area contributed by atoms with E-state index < -0.39 is 0 Å². The van der Waals surface area contributed by atoms with Crippen molar-refractivity contribution in [3.05, 3.63) is 36.3 Å². The Hall–Kier alpha value is -1.34. The van der Waals surface area contributed by atoms with Crippen molar-refractivity contribution < 1.29 is 4.79 Å². The third-order valence-corrected chi connectivity index (χ3v) is 5.68. The van der Waals surface area contributed by atoms with Crippen LogP contribution in [0.5, 0.6) is 0 Å². The highest BCUT2D eigenvalue weighted by molar-refractivity contribution is 5.85. The molecule has 3 heterocycles. The Kier molecular flexibility index (Phi) is 7.91. The molecule has 1 aliphatic heterocycles. The van der Waals surface area contributed by atoms with Gasteiger partial charge in [0.15, 0.2) is 0 Å². The molecule has 8 heteroatoms. The van der Waals surface area contributed by atoms with Crippen LogP contribution in [0.25, 0.3) is 5.65 Å². The molecule has 2 N–H and O–H groups in total. The Labute approximate surface area is 172 Å². The van der Waals surface area contributed by atoms with E-state index in [2.05, 4.69) is 20.5 Å². The van der Waals surface area contributed by atoms with Crippen molar-refractivity contribution in [2.24, 2.45) is 11.7 Å². The molecule has 0 spiro atoms. The summed E-state index contributed by atoms with van der Waals surface area (Å²) >= 11 is 0. The molecule has 2 fully saturated rings. The summed E-state index contributed by atoms with van der Waals surface area (Å²) in [6.07, 6.45) is 8.11. The van der Waals surface area contributed by atoms with Crippen LogP contribution in [0.2, 0.25) is 0 Å². The van der Waals surface area contributed by atoms with Gasteiger partial charge in [0, 0.05) is 57.6 Å². The van der Waals surface area contributed by atoms with E-state index in [1.165, 1.54) is 6.42 Å². The quantitative estimate of drug-likeness (QED) is 0.834. The number of hydrogen-bond acceptors (Lipinski definition) is 4. The van der Waals surface area contributed by atoms with Crippen LogP contribution in [-0.2, 0) is 11.3 Å². The van der Waals surface area contributed by atoms with Gasteiger partial charge in [-0.1, -0.05) is 12.5 Å². The van der Waals surface area contributed by atoms with Gasteiger partial charge in [-0.05, 0) is 30.9 Å². The molecule has 2 aromatic heterocycles. The zero-order chi connectivity index (χ0) is 17.2. The molecule has 1 saturated carbocycles. The van der Waals surface area contributed by atoms with Crippen molar-refractivity contribution in [2.75, 3.05) is 26.2 Å². The average Bonchev–Trinajstić information content (AvgIpc) is 3.21. The van der Waals surface area contributed by atoms with Gasteiger partial charge < -0.3 is 15.0 Å². The lowest BCUT2D eigenvalue weighted by molar-refractivity contribution is -0.134. The highest BCUT2D eigenvalue weighted by Gasteiger charge is 2.29. The van der Waals surface area contributed by atoms with Crippen molar-refractivity contribution in [3.63, 3.8) is 0 Å². The lowest BCUT2D eigenvalue weighted by atomic mass is 9.99. The summed E-state index contributed by atoms with van der Waals surface area (Å²) in [6, 6.07) is 6.26. The van der Waals surface area contributed by atoms with E-state index in [0.717, 1.165) is 56.9 Å². The van der Waals surface area contributed by atoms with Gasteiger partial charge in [0.2, 0.25) is 5.91 Å². The number of aromatic nitrogens is 2. The summed E-state index contributed by atoms with van der Waals surface area (Å²) in [4.78, 5) is 21.6.